The van der Waals surface area contributed by atoms with Crippen LogP contribution in [0.4, 0.5) is 0 Å². The van der Waals surface area contributed by atoms with Crippen molar-refractivity contribution >= 4 is 16.9 Å². The number of aryl methyl sites for hydroxylation is 1. The number of nitrogens with one attached hydrogen (secondary N) is 1. The number of ether oxygens (including phenoxy) is 1. The fourth-order valence-electron chi connectivity index (χ4n) is 2.97. The summed E-state index contributed by atoms with van der Waals surface area (Å²) in [6.45, 7) is 0.785. The largest absolute Gasteiger partial charge is 0.486 e. The van der Waals surface area contributed by atoms with Crippen LogP contribution in [0.5, 0.6) is 5.75 Å². The van der Waals surface area contributed by atoms with Gasteiger partial charge in [0.1, 0.15) is 24.0 Å². The van der Waals surface area contributed by atoms with Gasteiger partial charge in [-0.1, -0.05) is 12.1 Å². The maximum absolute atomic E-state index is 12.7. The quantitative estimate of drug-likeness (QED) is 0.562. The van der Waals surface area contributed by atoms with Gasteiger partial charge in [0, 0.05) is 32.1 Å². The molecular weight excluding hydrogens is 354 g/mol. The van der Waals surface area contributed by atoms with Crippen LogP contribution in [-0.2, 0) is 20.2 Å². The third kappa shape index (κ3) is 3.73. The molecule has 0 saturated carbocycles. The number of H-pyrrole nitrogens is 1. The first-order chi connectivity index (χ1) is 13.6. The maximum Gasteiger partial charge on any atom is 0.254 e. The van der Waals surface area contributed by atoms with E-state index >= 15 is 0 Å². The van der Waals surface area contributed by atoms with Crippen molar-refractivity contribution in [3.8, 4) is 5.75 Å². The summed E-state index contributed by atoms with van der Waals surface area (Å²) in [5.41, 5.74) is 2.46. The van der Waals surface area contributed by atoms with Crippen LogP contribution in [0, 0.1) is 0 Å². The molecule has 1 N–H and O–H groups in total. The highest BCUT2D eigenvalue weighted by molar-refractivity contribution is 5.94. The molecule has 1 amide bonds. The third-order valence-corrected chi connectivity index (χ3v) is 4.56. The molecule has 0 fully saturated rings. The lowest BCUT2D eigenvalue weighted by molar-refractivity contribution is 0.0782. The molecule has 0 aliphatic rings. The van der Waals surface area contributed by atoms with E-state index in [1.807, 2.05) is 42.1 Å². The predicted molar refractivity (Wildman–Crippen MR) is 106 cm³/mol. The Morgan fingerprint density at radius 3 is 2.68 bits per heavy atom. The fraction of sp³-hybridized carbons (Fsp3) is 0.190. The van der Waals surface area contributed by atoms with Crippen LogP contribution >= 0.6 is 0 Å². The number of hydrogen-bond donors (Lipinski definition) is 1. The number of fused-ring (bicyclic) bond motifs is 1. The van der Waals surface area contributed by atoms with Crippen molar-refractivity contribution in [2.45, 2.75) is 13.2 Å². The van der Waals surface area contributed by atoms with Gasteiger partial charge in [-0.15, -0.1) is 0 Å². The van der Waals surface area contributed by atoms with Crippen LogP contribution < -0.4 is 4.74 Å². The minimum absolute atomic E-state index is 0.0730. The van der Waals surface area contributed by atoms with Crippen molar-refractivity contribution < 1.29 is 9.53 Å². The van der Waals surface area contributed by atoms with Crippen LogP contribution in [0.3, 0.4) is 0 Å². The minimum atomic E-state index is -0.0730. The van der Waals surface area contributed by atoms with Crippen LogP contribution in [0.2, 0.25) is 0 Å². The lowest BCUT2D eigenvalue weighted by Gasteiger charge is -2.16. The zero-order valence-corrected chi connectivity index (χ0v) is 15.8. The van der Waals surface area contributed by atoms with E-state index in [4.69, 9.17) is 4.74 Å². The number of nitrogens with zero attached hydrogens (tertiary/aromatic N) is 4. The highest BCUT2D eigenvalue weighted by atomic mass is 16.5. The van der Waals surface area contributed by atoms with Gasteiger partial charge in [0.05, 0.1) is 17.6 Å². The van der Waals surface area contributed by atoms with Crippen molar-refractivity contribution in [1.29, 1.82) is 0 Å². The summed E-state index contributed by atoms with van der Waals surface area (Å²) >= 11 is 0. The summed E-state index contributed by atoms with van der Waals surface area (Å²) in [4.78, 5) is 26.3. The Kier molecular flexibility index (Phi) is 4.80. The van der Waals surface area contributed by atoms with Gasteiger partial charge in [-0.3, -0.25) is 4.79 Å². The Morgan fingerprint density at radius 1 is 1.18 bits per heavy atom. The molecule has 0 spiro atoms. The molecule has 7 nitrogen and oxygen atoms in total. The van der Waals surface area contributed by atoms with E-state index in [-0.39, 0.29) is 5.91 Å². The molecule has 4 rings (SSSR count). The fourth-order valence-corrected chi connectivity index (χ4v) is 2.97. The molecule has 0 radical (unpaired) electrons. The van der Waals surface area contributed by atoms with Gasteiger partial charge in [0.2, 0.25) is 0 Å². The van der Waals surface area contributed by atoms with Crippen LogP contribution in [-0.4, -0.2) is 37.4 Å². The summed E-state index contributed by atoms with van der Waals surface area (Å²) in [5.74, 6) is 2.22. The Morgan fingerprint density at radius 2 is 1.96 bits per heavy atom. The predicted octanol–water partition coefficient (Wildman–Crippen LogP) is 3.15. The molecule has 2 aromatic heterocycles. The van der Waals surface area contributed by atoms with Crippen molar-refractivity contribution in [2.75, 3.05) is 7.05 Å². The highest BCUT2D eigenvalue weighted by Gasteiger charge is 2.14. The average Bonchev–Trinajstić information content (AvgIpc) is 3.31. The number of aromatic nitrogens is 4. The summed E-state index contributed by atoms with van der Waals surface area (Å²) in [6, 6.07) is 14.9. The number of hydrogen-bond acceptors (Lipinski definition) is 4. The molecule has 4 aromatic rings. The SMILES string of the molecule is CN(Cc1nc2ccccc2[nH]1)C(=O)c1ccc(OCc2nccn2C)cc1. The molecule has 2 aromatic carbocycles. The first-order valence-corrected chi connectivity index (χ1v) is 8.98. The molecule has 2 heterocycles. The second-order valence-electron chi connectivity index (χ2n) is 6.63. The van der Waals surface area contributed by atoms with Crippen molar-refractivity contribution in [3.05, 3.63) is 78.1 Å². The highest BCUT2D eigenvalue weighted by Crippen LogP contribution is 2.16. The summed E-state index contributed by atoms with van der Waals surface area (Å²) in [7, 11) is 3.69. The van der Waals surface area contributed by atoms with Crippen LogP contribution in [0.1, 0.15) is 22.0 Å². The van der Waals surface area contributed by atoms with Crippen molar-refractivity contribution in [1.82, 2.24) is 24.4 Å². The van der Waals surface area contributed by atoms with E-state index in [1.165, 1.54) is 0 Å². The lowest BCUT2D eigenvalue weighted by atomic mass is 10.2. The van der Waals surface area contributed by atoms with Gasteiger partial charge >= 0.3 is 0 Å². The minimum Gasteiger partial charge on any atom is -0.486 e. The number of amides is 1. The molecule has 0 aliphatic heterocycles. The van der Waals surface area contributed by atoms with Gasteiger partial charge in [-0.25, -0.2) is 9.97 Å². The first-order valence-electron chi connectivity index (χ1n) is 8.98. The van der Waals surface area contributed by atoms with Gasteiger partial charge in [0.15, 0.2) is 0 Å². The summed E-state index contributed by atoms with van der Waals surface area (Å²) in [6.07, 6.45) is 3.61. The maximum atomic E-state index is 12.7. The topological polar surface area (TPSA) is 76.0 Å². The summed E-state index contributed by atoms with van der Waals surface area (Å²) < 4.78 is 7.64. The van der Waals surface area contributed by atoms with E-state index in [0.29, 0.717) is 24.5 Å². The molecule has 0 aliphatic carbocycles. The number of imidazole rings is 2. The zero-order valence-electron chi connectivity index (χ0n) is 15.8. The number of rotatable bonds is 6. The monoisotopic (exact) mass is 375 g/mol. The number of para-hydroxylation sites is 2. The van der Waals surface area contributed by atoms with E-state index in [0.717, 1.165) is 22.7 Å². The summed E-state index contributed by atoms with van der Waals surface area (Å²) in [5, 5.41) is 0. The lowest BCUT2D eigenvalue weighted by Crippen LogP contribution is -2.26. The second kappa shape index (κ2) is 7.56. The van der Waals surface area contributed by atoms with E-state index in [2.05, 4.69) is 15.0 Å². The number of aromatic amines is 1. The molecule has 0 unspecified atom stereocenters. The Labute approximate surface area is 162 Å². The van der Waals surface area contributed by atoms with Gasteiger partial charge in [0.25, 0.3) is 5.91 Å². The molecule has 28 heavy (non-hydrogen) atoms. The second-order valence-corrected chi connectivity index (χ2v) is 6.63. The Hall–Kier alpha value is -3.61. The molecular formula is C21H21N5O2. The van der Waals surface area contributed by atoms with Crippen molar-refractivity contribution in [3.63, 3.8) is 0 Å². The van der Waals surface area contributed by atoms with E-state index in [1.54, 1.807) is 42.4 Å². The smallest absolute Gasteiger partial charge is 0.254 e. The standard InChI is InChI=1S/C21H21N5O2/c1-25-12-11-22-20(25)14-28-16-9-7-15(8-10-16)21(27)26(2)13-19-23-17-5-3-4-6-18(17)24-19/h3-12H,13-14H2,1-2H3,(H,23,24). The number of carbonyl (C=O) groups excluding carboxylic acids is 1. The van der Waals surface area contributed by atoms with E-state index in [9.17, 15) is 4.79 Å². The Bertz CT molecular complexity index is 1060. The van der Waals surface area contributed by atoms with Gasteiger partial charge < -0.3 is 19.2 Å². The van der Waals surface area contributed by atoms with Crippen LogP contribution in [0.15, 0.2) is 60.9 Å². The average molecular weight is 375 g/mol. The molecule has 0 bridgehead atoms. The van der Waals surface area contributed by atoms with Crippen LogP contribution in [0.25, 0.3) is 11.0 Å². The molecule has 0 saturated heterocycles. The molecule has 142 valence electrons. The van der Waals surface area contributed by atoms with Gasteiger partial charge in [-0.05, 0) is 36.4 Å². The number of carbonyl (C=O) groups is 1. The third-order valence-electron chi connectivity index (χ3n) is 4.56. The number of benzene rings is 2. The molecule has 7 heteroatoms. The molecule has 0 atom stereocenters. The van der Waals surface area contributed by atoms with Gasteiger partial charge in [-0.2, -0.15) is 0 Å². The zero-order chi connectivity index (χ0) is 19.5. The normalized spacial score (nSPS) is 10.9. The van der Waals surface area contributed by atoms with Crippen molar-refractivity contribution in [2.24, 2.45) is 7.05 Å². The van der Waals surface area contributed by atoms with E-state index < -0.39 is 0 Å². The first kappa shape index (κ1) is 17.8. The Balaban J connectivity index is 1.38.